The Morgan fingerprint density at radius 1 is 1.35 bits per heavy atom. The summed E-state index contributed by atoms with van der Waals surface area (Å²) < 4.78 is 1.14. The van der Waals surface area contributed by atoms with Crippen molar-refractivity contribution in [3.63, 3.8) is 0 Å². The zero-order valence-electron chi connectivity index (χ0n) is 11.1. The molecule has 0 radical (unpaired) electrons. The van der Waals surface area contributed by atoms with Crippen LogP contribution in [0, 0.1) is 6.92 Å². The van der Waals surface area contributed by atoms with Gasteiger partial charge in [-0.05, 0) is 47.8 Å². The maximum absolute atomic E-state index is 5.55. The number of nitrogen functional groups attached to an aromatic ring is 1. The summed E-state index contributed by atoms with van der Waals surface area (Å²) in [5.41, 5.74) is 3.62. The second-order valence-corrected chi connectivity index (χ2v) is 7.43. The van der Waals surface area contributed by atoms with Crippen molar-refractivity contribution in [2.45, 2.75) is 32.2 Å². The lowest BCUT2D eigenvalue weighted by Gasteiger charge is -2.13. The third kappa shape index (κ3) is 2.94. The number of anilines is 2. The van der Waals surface area contributed by atoms with Crippen molar-refractivity contribution in [1.82, 2.24) is 9.97 Å². The molecule has 20 heavy (non-hydrogen) atoms. The summed E-state index contributed by atoms with van der Waals surface area (Å²) in [5.74, 6) is 8.50. The number of thiophene rings is 1. The van der Waals surface area contributed by atoms with Crippen LogP contribution in [0.3, 0.4) is 0 Å². The minimum atomic E-state index is 0.499. The number of rotatable bonds is 5. The Bertz CT molecular complexity index is 623. The van der Waals surface area contributed by atoms with E-state index in [1.54, 1.807) is 11.3 Å². The molecule has 1 aliphatic rings. The summed E-state index contributed by atoms with van der Waals surface area (Å²) in [6.07, 6.45) is 2.34. The molecule has 0 spiro atoms. The van der Waals surface area contributed by atoms with E-state index in [2.05, 4.69) is 48.8 Å². The van der Waals surface area contributed by atoms with Crippen LogP contribution < -0.4 is 16.6 Å². The van der Waals surface area contributed by atoms with Gasteiger partial charge >= 0.3 is 0 Å². The van der Waals surface area contributed by atoms with E-state index in [1.807, 2.05) is 6.92 Å². The molecule has 0 saturated heterocycles. The minimum Gasteiger partial charge on any atom is -0.365 e. The second-order valence-electron chi connectivity index (χ2n) is 4.88. The largest absolute Gasteiger partial charge is 0.365 e. The van der Waals surface area contributed by atoms with E-state index >= 15 is 0 Å². The first-order chi connectivity index (χ1) is 9.67. The highest BCUT2D eigenvalue weighted by Gasteiger charge is 2.28. The lowest BCUT2D eigenvalue weighted by molar-refractivity contribution is 0.911. The van der Waals surface area contributed by atoms with Gasteiger partial charge in [-0.3, -0.25) is 0 Å². The van der Waals surface area contributed by atoms with Crippen molar-refractivity contribution in [3.8, 4) is 0 Å². The Morgan fingerprint density at radius 2 is 2.10 bits per heavy atom. The van der Waals surface area contributed by atoms with Crippen molar-refractivity contribution in [1.29, 1.82) is 0 Å². The Kier molecular flexibility index (Phi) is 3.91. The number of hydrogen-bond acceptors (Lipinski definition) is 6. The summed E-state index contributed by atoms with van der Waals surface area (Å²) >= 11 is 5.19. The highest BCUT2D eigenvalue weighted by atomic mass is 79.9. The number of hydrazine groups is 1. The maximum atomic E-state index is 5.55. The Hall–Kier alpha value is -1.18. The second kappa shape index (κ2) is 5.67. The summed E-state index contributed by atoms with van der Waals surface area (Å²) in [5, 5.41) is 3.38. The van der Waals surface area contributed by atoms with Crippen molar-refractivity contribution in [2.24, 2.45) is 5.84 Å². The van der Waals surface area contributed by atoms with E-state index in [9.17, 15) is 0 Å². The van der Waals surface area contributed by atoms with Gasteiger partial charge in [0.15, 0.2) is 0 Å². The number of hydrogen-bond donors (Lipinski definition) is 3. The predicted molar refractivity (Wildman–Crippen MR) is 85.9 cm³/mol. The average molecular weight is 354 g/mol. The molecule has 3 rings (SSSR count). The van der Waals surface area contributed by atoms with Gasteiger partial charge in [0.1, 0.15) is 17.5 Å². The monoisotopic (exact) mass is 353 g/mol. The van der Waals surface area contributed by atoms with E-state index in [-0.39, 0.29) is 0 Å². The van der Waals surface area contributed by atoms with Crippen LogP contribution in [0.4, 0.5) is 11.6 Å². The summed E-state index contributed by atoms with van der Waals surface area (Å²) in [6.45, 7) is 2.72. The molecule has 4 N–H and O–H groups in total. The SMILES string of the molecule is Cc1c(NN)nc(C2CC2)nc1NCc1ccc(Br)s1. The van der Waals surface area contributed by atoms with Crippen LogP contribution in [-0.2, 0) is 6.54 Å². The number of aromatic nitrogens is 2. The van der Waals surface area contributed by atoms with Crippen LogP contribution in [0.1, 0.15) is 35.0 Å². The van der Waals surface area contributed by atoms with E-state index in [0.29, 0.717) is 11.7 Å². The van der Waals surface area contributed by atoms with Gasteiger partial charge in [-0.15, -0.1) is 11.3 Å². The highest BCUT2D eigenvalue weighted by Crippen LogP contribution is 2.39. The predicted octanol–water partition coefficient (Wildman–Crippen LogP) is 3.38. The van der Waals surface area contributed by atoms with E-state index in [0.717, 1.165) is 27.5 Å². The van der Waals surface area contributed by atoms with Gasteiger partial charge in [-0.1, -0.05) is 0 Å². The fourth-order valence-electron chi connectivity index (χ4n) is 1.99. The molecular formula is C13H16BrN5S. The molecule has 1 saturated carbocycles. The van der Waals surface area contributed by atoms with Gasteiger partial charge in [-0.25, -0.2) is 15.8 Å². The first-order valence-corrected chi connectivity index (χ1v) is 8.11. The standard InChI is InChI=1S/C13H16BrN5S/c1-7-11(16-6-9-4-5-10(14)20-9)17-13(8-2-3-8)18-12(7)19-15/h4-5,8H,2-3,6,15H2,1H3,(H2,16,17,18,19). The third-order valence-corrected chi connectivity index (χ3v) is 4.92. The van der Waals surface area contributed by atoms with E-state index in [4.69, 9.17) is 5.84 Å². The molecule has 0 unspecified atom stereocenters. The maximum Gasteiger partial charge on any atom is 0.148 e. The molecular weight excluding hydrogens is 338 g/mol. The van der Waals surface area contributed by atoms with Gasteiger partial charge in [0.25, 0.3) is 0 Å². The fourth-order valence-corrected chi connectivity index (χ4v) is 3.41. The van der Waals surface area contributed by atoms with Crippen LogP contribution >= 0.6 is 27.3 Å². The van der Waals surface area contributed by atoms with E-state index in [1.165, 1.54) is 17.7 Å². The lowest BCUT2D eigenvalue weighted by atomic mass is 10.2. The lowest BCUT2D eigenvalue weighted by Crippen LogP contribution is -2.14. The number of nitrogens with two attached hydrogens (primary N) is 1. The van der Waals surface area contributed by atoms with Crippen molar-refractivity contribution in [2.75, 3.05) is 10.7 Å². The van der Waals surface area contributed by atoms with Crippen LogP contribution in [0.25, 0.3) is 0 Å². The molecule has 5 nitrogen and oxygen atoms in total. The van der Waals surface area contributed by atoms with Crippen molar-refractivity contribution >= 4 is 38.9 Å². The molecule has 0 aliphatic heterocycles. The zero-order chi connectivity index (χ0) is 14.1. The van der Waals surface area contributed by atoms with Gasteiger partial charge in [0, 0.05) is 16.4 Å². The normalized spacial score (nSPS) is 14.3. The molecule has 0 aromatic carbocycles. The first-order valence-electron chi connectivity index (χ1n) is 6.50. The van der Waals surface area contributed by atoms with E-state index < -0.39 is 0 Å². The van der Waals surface area contributed by atoms with Gasteiger partial charge in [0.05, 0.1) is 10.3 Å². The summed E-state index contributed by atoms with van der Waals surface area (Å²) in [7, 11) is 0. The Balaban J connectivity index is 1.81. The molecule has 106 valence electrons. The molecule has 2 aromatic heterocycles. The van der Waals surface area contributed by atoms with Crippen LogP contribution in [-0.4, -0.2) is 9.97 Å². The smallest absolute Gasteiger partial charge is 0.148 e. The first kappa shape index (κ1) is 13.8. The van der Waals surface area contributed by atoms with Crippen LogP contribution in [0.5, 0.6) is 0 Å². The Morgan fingerprint density at radius 3 is 2.70 bits per heavy atom. The van der Waals surface area contributed by atoms with Gasteiger partial charge < -0.3 is 10.7 Å². The molecule has 2 heterocycles. The van der Waals surface area contributed by atoms with Crippen molar-refractivity contribution in [3.05, 3.63) is 32.2 Å². The molecule has 0 atom stereocenters. The number of halogens is 1. The number of nitrogens with zero attached hydrogens (tertiary/aromatic N) is 2. The van der Waals surface area contributed by atoms with Crippen LogP contribution in [0.2, 0.25) is 0 Å². The number of nitrogens with one attached hydrogen (secondary N) is 2. The molecule has 0 amide bonds. The van der Waals surface area contributed by atoms with Gasteiger partial charge in [0.2, 0.25) is 0 Å². The highest BCUT2D eigenvalue weighted by molar-refractivity contribution is 9.11. The fraction of sp³-hybridized carbons (Fsp3) is 0.385. The average Bonchev–Trinajstić information content (AvgIpc) is 3.21. The quantitative estimate of drug-likeness (QED) is 0.567. The minimum absolute atomic E-state index is 0.499. The molecule has 7 heteroatoms. The zero-order valence-corrected chi connectivity index (χ0v) is 13.5. The van der Waals surface area contributed by atoms with Gasteiger partial charge in [-0.2, -0.15) is 0 Å². The molecule has 0 bridgehead atoms. The Labute approximate surface area is 130 Å². The topological polar surface area (TPSA) is 75.9 Å². The van der Waals surface area contributed by atoms with Crippen LogP contribution in [0.15, 0.2) is 15.9 Å². The summed E-state index contributed by atoms with van der Waals surface area (Å²) in [4.78, 5) is 10.4. The third-order valence-electron chi connectivity index (χ3n) is 3.30. The molecule has 1 aliphatic carbocycles. The molecule has 2 aromatic rings. The van der Waals surface area contributed by atoms with Crippen molar-refractivity contribution < 1.29 is 0 Å². The molecule has 1 fully saturated rings. The summed E-state index contributed by atoms with van der Waals surface area (Å²) in [6, 6.07) is 4.15.